The van der Waals surface area contributed by atoms with E-state index in [9.17, 15) is 14.9 Å². The fraction of sp³-hybridized carbons (Fsp3) is 0.269. The van der Waals surface area contributed by atoms with Crippen molar-refractivity contribution in [2.45, 2.75) is 39.0 Å². The lowest BCUT2D eigenvalue weighted by Crippen LogP contribution is -2.32. The molecule has 0 saturated heterocycles. The van der Waals surface area contributed by atoms with Crippen molar-refractivity contribution < 1.29 is 9.59 Å². The van der Waals surface area contributed by atoms with Gasteiger partial charge in [0, 0.05) is 23.4 Å². The molecule has 2 aliphatic rings. The van der Waals surface area contributed by atoms with E-state index in [1.807, 2.05) is 62.4 Å². The number of nitrogens with zero attached hydrogens (tertiary/aromatic N) is 1. The minimum Gasteiger partial charge on any atom is -0.352 e. The second-order valence-corrected chi connectivity index (χ2v) is 9.08. The van der Waals surface area contributed by atoms with Gasteiger partial charge in [0.15, 0.2) is 5.78 Å². The van der Waals surface area contributed by atoms with Crippen molar-refractivity contribution in [1.82, 2.24) is 5.32 Å². The maximum Gasteiger partial charge on any atom is 0.234 e. The highest BCUT2D eigenvalue weighted by Crippen LogP contribution is 2.44. The number of anilines is 1. The Labute approximate surface area is 192 Å². The van der Waals surface area contributed by atoms with Gasteiger partial charge in [-0.3, -0.25) is 9.59 Å². The number of nitriles is 1. The number of nitrogens with one attached hydrogen (secondary N) is 2. The van der Waals surface area contributed by atoms with Gasteiger partial charge in [0.1, 0.15) is 0 Å². The molecule has 0 fully saturated rings. The lowest BCUT2D eigenvalue weighted by molar-refractivity contribution is -0.116. The Kier molecular flexibility index (Phi) is 6.48. The number of hydrogen-bond acceptors (Lipinski definition) is 5. The number of dihydropyridines is 1. The molecule has 0 spiro atoms. The van der Waals surface area contributed by atoms with Crippen molar-refractivity contribution in [2.24, 2.45) is 0 Å². The van der Waals surface area contributed by atoms with Gasteiger partial charge in [-0.2, -0.15) is 5.26 Å². The Morgan fingerprint density at radius 1 is 1.12 bits per heavy atom. The zero-order chi connectivity index (χ0) is 22.7. The average molecular weight is 444 g/mol. The van der Waals surface area contributed by atoms with E-state index in [0.29, 0.717) is 22.6 Å². The minimum atomic E-state index is -0.396. The second kappa shape index (κ2) is 9.46. The van der Waals surface area contributed by atoms with Crippen LogP contribution in [0.4, 0.5) is 5.69 Å². The molecule has 0 bridgehead atoms. The molecule has 6 heteroatoms. The number of para-hydroxylation sites is 1. The van der Waals surface area contributed by atoms with E-state index < -0.39 is 5.92 Å². The molecule has 1 unspecified atom stereocenters. The van der Waals surface area contributed by atoms with E-state index in [1.54, 1.807) is 0 Å². The number of allylic oxidation sites excluding steroid dienone is 3. The molecular formula is C26H25N3O2S. The van der Waals surface area contributed by atoms with Crippen LogP contribution in [0.15, 0.2) is 70.4 Å². The average Bonchev–Trinajstić information content (AvgIpc) is 2.79. The first-order chi connectivity index (χ1) is 15.5. The number of rotatable bonds is 5. The molecule has 5 nitrogen and oxygen atoms in total. The largest absolute Gasteiger partial charge is 0.352 e. The number of benzene rings is 2. The SMILES string of the molecule is Cc1ccccc1NC(=O)CSC1=C(C#N)C(c2ccccc2C)C2=C(CCCC2=O)N1. The zero-order valence-corrected chi connectivity index (χ0v) is 19.0. The predicted octanol–water partition coefficient (Wildman–Crippen LogP) is 5.10. The van der Waals surface area contributed by atoms with E-state index in [1.165, 1.54) is 11.8 Å². The molecule has 2 aromatic rings. The van der Waals surface area contributed by atoms with Crippen LogP contribution in [0.25, 0.3) is 0 Å². The van der Waals surface area contributed by atoms with Crippen molar-refractivity contribution in [1.29, 1.82) is 5.26 Å². The van der Waals surface area contributed by atoms with Crippen LogP contribution < -0.4 is 10.6 Å². The van der Waals surface area contributed by atoms with Crippen LogP contribution >= 0.6 is 11.8 Å². The van der Waals surface area contributed by atoms with Gasteiger partial charge in [-0.05, 0) is 49.4 Å². The third-order valence-corrected chi connectivity index (χ3v) is 6.95. The molecule has 0 aromatic heterocycles. The minimum absolute atomic E-state index is 0.0982. The summed E-state index contributed by atoms with van der Waals surface area (Å²) in [7, 11) is 0. The van der Waals surface area contributed by atoms with Crippen LogP contribution in [0.1, 0.15) is 41.9 Å². The number of ketones is 1. The number of Topliss-reactive ketones (excluding diaryl/α,β-unsaturated/α-hetero) is 1. The molecule has 1 aliphatic carbocycles. The monoisotopic (exact) mass is 443 g/mol. The highest BCUT2D eigenvalue weighted by molar-refractivity contribution is 8.03. The van der Waals surface area contributed by atoms with Crippen LogP contribution in [0, 0.1) is 25.2 Å². The van der Waals surface area contributed by atoms with Gasteiger partial charge in [-0.25, -0.2) is 0 Å². The molecule has 4 rings (SSSR count). The normalized spacial score (nSPS) is 18.0. The molecule has 1 amide bonds. The second-order valence-electron chi connectivity index (χ2n) is 8.09. The van der Waals surface area contributed by atoms with Crippen LogP contribution in [0.5, 0.6) is 0 Å². The third-order valence-electron chi connectivity index (χ3n) is 5.93. The van der Waals surface area contributed by atoms with Gasteiger partial charge < -0.3 is 10.6 Å². The van der Waals surface area contributed by atoms with Crippen LogP contribution in [0.3, 0.4) is 0 Å². The number of amides is 1. The van der Waals surface area contributed by atoms with Gasteiger partial charge in [0.2, 0.25) is 5.91 Å². The van der Waals surface area contributed by atoms with Gasteiger partial charge >= 0.3 is 0 Å². The molecule has 32 heavy (non-hydrogen) atoms. The smallest absolute Gasteiger partial charge is 0.234 e. The fourth-order valence-corrected chi connectivity index (χ4v) is 5.16. The summed E-state index contributed by atoms with van der Waals surface area (Å²) in [5.41, 5.74) is 5.88. The number of aryl methyl sites for hydroxylation is 2. The maximum atomic E-state index is 12.9. The Morgan fingerprint density at radius 2 is 1.84 bits per heavy atom. The molecule has 1 atom stereocenters. The summed E-state index contributed by atoms with van der Waals surface area (Å²) >= 11 is 1.31. The lowest BCUT2D eigenvalue weighted by atomic mass is 9.76. The zero-order valence-electron chi connectivity index (χ0n) is 18.2. The number of thioether (sulfide) groups is 1. The van der Waals surface area contributed by atoms with Gasteiger partial charge in [0.05, 0.1) is 28.3 Å². The van der Waals surface area contributed by atoms with Crippen molar-refractivity contribution in [3.8, 4) is 6.07 Å². The Morgan fingerprint density at radius 3 is 2.56 bits per heavy atom. The third kappa shape index (κ3) is 4.35. The first-order valence-electron chi connectivity index (χ1n) is 10.7. The van der Waals surface area contributed by atoms with E-state index in [2.05, 4.69) is 16.7 Å². The van der Waals surface area contributed by atoms with Crippen LogP contribution in [0.2, 0.25) is 0 Å². The van der Waals surface area contributed by atoms with Gasteiger partial charge in [0.25, 0.3) is 0 Å². The highest BCUT2D eigenvalue weighted by atomic mass is 32.2. The maximum absolute atomic E-state index is 12.9. The summed E-state index contributed by atoms with van der Waals surface area (Å²) in [6, 6.07) is 17.9. The standard InChI is InChI=1S/C26H25N3O2S/c1-16-8-3-5-10-18(16)24-19(14-27)26(29-21-12-7-13-22(30)25(21)24)32-15-23(31)28-20-11-6-4-9-17(20)2/h3-6,8-11,24,29H,7,12-13,15H2,1-2H3,(H,28,31). The summed E-state index contributed by atoms with van der Waals surface area (Å²) in [5, 5.41) is 17.0. The van der Waals surface area contributed by atoms with Crippen molar-refractivity contribution in [3.05, 3.63) is 87.1 Å². The molecule has 1 aliphatic heterocycles. The number of carbonyl (C=O) groups is 2. The molecular weight excluding hydrogens is 418 g/mol. The Bertz CT molecular complexity index is 1190. The van der Waals surface area contributed by atoms with Crippen LogP contribution in [-0.4, -0.2) is 17.4 Å². The summed E-state index contributed by atoms with van der Waals surface area (Å²) in [5.74, 6) is -0.269. The topological polar surface area (TPSA) is 82.0 Å². The predicted molar refractivity (Wildman–Crippen MR) is 128 cm³/mol. The highest BCUT2D eigenvalue weighted by Gasteiger charge is 2.37. The number of carbonyl (C=O) groups excluding carboxylic acids is 2. The van der Waals surface area contributed by atoms with E-state index in [-0.39, 0.29) is 17.4 Å². The first kappa shape index (κ1) is 21.9. The summed E-state index contributed by atoms with van der Waals surface area (Å²) in [4.78, 5) is 25.5. The lowest BCUT2D eigenvalue weighted by Gasteiger charge is -2.33. The Hall–Kier alpha value is -3.30. The molecule has 0 radical (unpaired) electrons. The number of hydrogen-bond donors (Lipinski definition) is 2. The summed E-state index contributed by atoms with van der Waals surface area (Å²) in [6.07, 6.45) is 2.06. The van der Waals surface area contributed by atoms with E-state index in [0.717, 1.165) is 40.9 Å². The molecule has 0 saturated carbocycles. The summed E-state index contributed by atoms with van der Waals surface area (Å²) < 4.78 is 0. The summed E-state index contributed by atoms with van der Waals surface area (Å²) in [6.45, 7) is 3.95. The fourth-order valence-electron chi connectivity index (χ4n) is 4.30. The molecule has 1 heterocycles. The molecule has 2 aromatic carbocycles. The quantitative estimate of drug-likeness (QED) is 0.671. The van der Waals surface area contributed by atoms with Gasteiger partial charge in [-0.1, -0.05) is 54.2 Å². The molecule has 2 N–H and O–H groups in total. The van der Waals surface area contributed by atoms with Crippen molar-refractivity contribution in [3.63, 3.8) is 0 Å². The van der Waals surface area contributed by atoms with Crippen LogP contribution in [-0.2, 0) is 9.59 Å². The Balaban J connectivity index is 1.64. The van der Waals surface area contributed by atoms with E-state index in [4.69, 9.17) is 0 Å². The van der Waals surface area contributed by atoms with E-state index >= 15 is 0 Å². The first-order valence-corrected chi connectivity index (χ1v) is 11.7. The van der Waals surface area contributed by atoms with Crippen molar-refractivity contribution >= 4 is 29.1 Å². The van der Waals surface area contributed by atoms with Crippen molar-refractivity contribution in [2.75, 3.05) is 11.1 Å². The van der Waals surface area contributed by atoms with Gasteiger partial charge in [-0.15, -0.1) is 0 Å². The molecule has 162 valence electrons.